The number of benzene rings is 1. The number of hydrogen-bond acceptors (Lipinski definition) is 4. The van der Waals surface area contributed by atoms with Crippen LogP contribution in [0.25, 0.3) is 0 Å². The predicted octanol–water partition coefficient (Wildman–Crippen LogP) is 2.14. The fraction of sp³-hybridized carbons (Fsp3) is 0.550. The molecule has 0 saturated carbocycles. The maximum absolute atomic E-state index is 13.0. The molecule has 26 heavy (non-hydrogen) atoms. The van der Waals surface area contributed by atoms with Crippen molar-refractivity contribution in [1.29, 1.82) is 0 Å². The summed E-state index contributed by atoms with van der Waals surface area (Å²) >= 11 is 0. The molecule has 142 valence electrons. The van der Waals surface area contributed by atoms with Crippen molar-refractivity contribution >= 4 is 15.7 Å². The molecule has 0 bridgehead atoms. The molecular weight excluding hydrogens is 348 g/mol. The van der Waals surface area contributed by atoms with Gasteiger partial charge in [-0.3, -0.25) is 9.69 Å². The highest BCUT2D eigenvalue weighted by molar-refractivity contribution is 7.91. The third-order valence-electron chi connectivity index (χ3n) is 5.40. The van der Waals surface area contributed by atoms with Crippen LogP contribution in [0.4, 0.5) is 0 Å². The summed E-state index contributed by atoms with van der Waals surface area (Å²) in [5.41, 5.74) is 3.05. The summed E-state index contributed by atoms with van der Waals surface area (Å²) < 4.78 is 24.6. The highest BCUT2D eigenvalue weighted by atomic mass is 32.2. The number of hydrogen-bond donors (Lipinski definition) is 0. The molecule has 3 rings (SSSR count). The second-order valence-electron chi connectivity index (χ2n) is 7.54. The van der Waals surface area contributed by atoms with Gasteiger partial charge in [-0.2, -0.15) is 0 Å². The number of rotatable bonds is 4. The summed E-state index contributed by atoms with van der Waals surface area (Å²) in [4.78, 5) is 17.0. The van der Waals surface area contributed by atoms with Gasteiger partial charge in [-0.25, -0.2) is 8.42 Å². The zero-order valence-corrected chi connectivity index (χ0v) is 16.6. The predicted molar refractivity (Wildman–Crippen MR) is 104 cm³/mol. The molecule has 0 aliphatic carbocycles. The van der Waals surface area contributed by atoms with E-state index in [-0.39, 0.29) is 29.5 Å². The number of carbonyl (C=O) groups excluding carboxylic acids is 1. The summed E-state index contributed by atoms with van der Waals surface area (Å²) in [6.45, 7) is 8.19. The Hall–Kier alpha value is -1.66. The van der Waals surface area contributed by atoms with Gasteiger partial charge in [0.25, 0.3) is 5.91 Å². The lowest BCUT2D eigenvalue weighted by atomic mass is 10.0. The molecule has 2 fully saturated rings. The molecule has 0 unspecified atom stereocenters. The van der Waals surface area contributed by atoms with Crippen molar-refractivity contribution in [1.82, 2.24) is 9.80 Å². The quantitative estimate of drug-likeness (QED) is 0.756. The van der Waals surface area contributed by atoms with Crippen LogP contribution in [0.1, 0.15) is 36.7 Å². The van der Waals surface area contributed by atoms with Crippen LogP contribution in [0.2, 0.25) is 0 Å². The number of sulfone groups is 1. The average Bonchev–Trinajstić information content (AvgIpc) is 2.94. The van der Waals surface area contributed by atoms with Crippen LogP contribution in [0, 0.1) is 0 Å². The Kier molecular flexibility index (Phi) is 5.53. The van der Waals surface area contributed by atoms with Gasteiger partial charge in [0.15, 0.2) is 9.84 Å². The SMILES string of the molecule is CCc1ccc(C(=O)N2CCN(CC=C(C)C)[C@H]3CS(=O)(=O)C[C@H]32)cc1. The minimum absolute atomic E-state index is 0.0541. The van der Waals surface area contributed by atoms with E-state index in [0.29, 0.717) is 18.7 Å². The van der Waals surface area contributed by atoms with Crippen molar-refractivity contribution in [3.05, 3.63) is 47.0 Å². The molecule has 1 aromatic carbocycles. The van der Waals surface area contributed by atoms with E-state index in [1.54, 1.807) is 4.90 Å². The Morgan fingerprint density at radius 1 is 1.12 bits per heavy atom. The number of nitrogens with zero attached hydrogens (tertiary/aromatic N) is 2. The molecule has 2 heterocycles. The molecule has 1 aromatic rings. The van der Waals surface area contributed by atoms with Crippen LogP contribution >= 0.6 is 0 Å². The van der Waals surface area contributed by atoms with Gasteiger partial charge in [0.1, 0.15) is 0 Å². The summed E-state index contributed by atoms with van der Waals surface area (Å²) in [5.74, 6) is 0.163. The summed E-state index contributed by atoms with van der Waals surface area (Å²) in [5, 5.41) is 0. The number of amides is 1. The molecule has 0 spiro atoms. The third kappa shape index (κ3) is 4.01. The van der Waals surface area contributed by atoms with Gasteiger partial charge < -0.3 is 4.90 Å². The van der Waals surface area contributed by atoms with Crippen LogP contribution in [0.15, 0.2) is 35.9 Å². The second-order valence-corrected chi connectivity index (χ2v) is 9.69. The Labute approximate surface area is 156 Å². The van der Waals surface area contributed by atoms with E-state index < -0.39 is 9.84 Å². The van der Waals surface area contributed by atoms with Gasteiger partial charge in [0, 0.05) is 31.2 Å². The lowest BCUT2D eigenvalue weighted by Crippen LogP contribution is -2.60. The van der Waals surface area contributed by atoms with Crippen LogP contribution in [0.5, 0.6) is 0 Å². The molecule has 0 N–H and O–H groups in total. The Morgan fingerprint density at radius 2 is 1.77 bits per heavy atom. The maximum Gasteiger partial charge on any atom is 0.254 e. The maximum atomic E-state index is 13.0. The number of allylic oxidation sites excluding steroid dienone is 1. The van der Waals surface area contributed by atoms with Crippen LogP contribution in [-0.4, -0.2) is 67.3 Å². The fourth-order valence-electron chi connectivity index (χ4n) is 3.85. The molecule has 2 aliphatic rings. The highest BCUT2D eigenvalue weighted by Gasteiger charge is 2.47. The zero-order chi connectivity index (χ0) is 18.9. The first kappa shape index (κ1) is 19.1. The lowest BCUT2D eigenvalue weighted by molar-refractivity contribution is 0.0368. The Balaban J connectivity index is 1.82. The summed E-state index contributed by atoms with van der Waals surface area (Å²) in [7, 11) is -3.12. The van der Waals surface area contributed by atoms with Crippen molar-refractivity contribution in [2.75, 3.05) is 31.1 Å². The van der Waals surface area contributed by atoms with Crippen molar-refractivity contribution in [3.63, 3.8) is 0 Å². The van der Waals surface area contributed by atoms with Crippen molar-refractivity contribution in [2.45, 2.75) is 39.3 Å². The first-order valence-corrected chi connectivity index (χ1v) is 11.1. The number of piperazine rings is 1. The van der Waals surface area contributed by atoms with Crippen molar-refractivity contribution < 1.29 is 13.2 Å². The lowest BCUT2D eigenvalue weighted by Gasteiger charge is -2.43. The van der Waals surface area contributed by atoms with Gasteiger partial charge >= 0.3 is 0 Å². The zero-order valence-electron chi connectivity index (χ0n) is 15.8. The average molecular weight is 377 g/mol. The number of carbonyl (C=O) groups is 1. The normalized spacial score (nSPS) is 25.0. The third-order valence-corrected chi connectivity index (χ3v) is 7.09. The van der Waals surface area contributed by atoms with Gasteiger partial charge in [0.2, 0.25) is 0 Å². The van der Waals surface area contributed by atoms with Crippen LogP contribution < -0.4 is 0 Å². The van der Waals surface area contributed by atoms with E-state index in [9.17, 15) is 13.2 Å². The van der Waals surface area contributed by atoms with E-state index in [1.807, 2.05) is 38.1 Å². The minimum Gasteiger partial charge on any atom is -0.332 e. The van der Waals surface area contributed by atoms with Gasteiger partial charge in [0.05, 0.1) is 17.5 Å². The molecule has 5 nitrogen and oxygen atoms in total. The fourth-order valence-corrected chi connectivity index (χ4v) is 5.86. The molecule has 2 atom stereocenters. The van der Waals surface area contributed by atoms with E-state index in [2.05, 4.69) is 17.9 Å². The molecule has 6 heteroatoms. The summed E-state index contributed by atoms with van der Waals surface area (Å²) in [6.07, 6.45) is 3.06. The molecule has 0 radical (unpaired) electrons. The van der Waals surface area contributed by atoms with Crippen LogP contribution in [0.3, 0.4) is 0 Å². The van der Waals surface area contributed by atoms with Gasteiger partial charge in [-0.1, -0.05) is 30.7 Å². The van der Waals surface area contributed by atoms with Gasteiger partial charge in [-0.05, 0) is 38.0 Å². The summed E-state index contributed by atoms with van der Waals surface area (Å²) in [6, 6.07) is 7.30. The Bertz CT molecular complexity index is 795. The molecule has 2 saturated heterocycles. The first-order valence-electron chi connectivity index (χ1n) is 9.28. The minimum atomic E-state index is -3.12. The molecular formula is C20H28N2O3S. The van der Waals surface area contributed by atoms with E-state index >= 15 is 0 Å². The topological polar surface area (TPSA) is 57.7 Å². The molecule has 0 aromatic heterocycles. The standard InChI is InChI=1S/C20H28N2O3S/c1-4-16-5-7-17(8-6-16)20(23)22-12-11-21(10-9-15(2)3)18-13-26(24,25)14-19(18)22/h5-9,18-19H,4,10-14H2,1-3H3/t18-,19+/m0/s1. The number of aryl methyl sites for hydroxylation is 1. The highest BCUT2D eigenvalue weighted by Crippen LogP contribution is 2.28. The monoisotopic (exact) mass is 376 g/mol. The molecule has 2 aliphatic heterocycles. The first-order chi connectivity index (χ1) is 12.3. The Morgan fingerprint density at radius 3 is 2.38 bits per heavy atom. The number of fused-ring (bicyclic) bond motifs is 1. The smallest absolute Gasteiger partial charge is 0.254 e. The van der Waals surface area contributed by atoms with E-state index in [1.165, 1.54) is 11.1 Å². The largest absolute Gasteiger partial charge is 0.332 e. The van der Waals surface area contributed by atoms with E-state index in [4.69, 9.17) is 0 Å². The van der Waals surface area contributed by atoms with Crippen molar-refractivity contribution in [3.8, 4) is 0 Å². The van der Waals surface area contributed by atoms with Gasteiger partial charge in [-0.15, -0.1) is 0 Å². The van der Waals surface area contributed by atoms with Crippen LogP contribution in [-0.2, 0) is 16.3 Å². The second kappa shape index (κ2) is 7.53. The van der Waals surface area contributed by atoms with Crippen molar-refractivity contribution in [2.24, 2.45) is 0 Å². The molecule has 1 amide bonds. The van der Waals surface area contributed by atoms with E-state index in [0.717, 1.165) is 13.0 Å².